The molecule has 7 heteroatoms. The van der Waals surface area contributed by atoms with E-state index in [9.17, 15) is 17.6 Å². The van der Waals surface area contributed by atoms with E-state index in [2.05, 4.69) is 5.32 Å². The van der Waals surface area contributed by atoms with Gasteiger partial charge in [0.15, 0.2) is 0 Å². The molecule has 1 amide bonds. The summed E-state index contributed by atoms with van der Waals surface area (Å²) in [4.78, 5) is 11.8. The Balaban J connectivity index is 2.49. The minimum atomic E-state index is -3.43. The minimum Gasteiger partial charge on any atom is -0.355 e. The molecule has 118 valence electrons. The first-order valence-electron chi connectivity index (χ1n) is 6.68. The molecular weight excluding hydrogens is 295 g/mol. The van der Waals surface area contributed by atoms with Crippen LogP contribution in [0, 0.1) is 5.82 Å². The van der Waals surface area contributed by atoms with E-state index in [0.29, 0.717) is 12.0 Å². The number of nitrogens with one attached hydrogen (secondary N) is 1. The Morgan fingerprint density at radius 3 is 2.48 bits per heavy atom. The molecule has 0 unspecified atom stereocenters. The fourth-order valence-electron chi connectivity index (χ4n) is 1.92. The normalized spacial score (nSPS) is 11.9. The summed E-state index contributed by atoms with van der Waals surface area (Å²) >= 11 is 0. The van der Waals surface area contributed by atoms with Crippen molar-refractivity contribution < 1.29 is 17.6 Å². The first kappa shape index (κ1) is 17.6. The van der Waals surface area contributed by atoms with Crippen molar-refractivity contribution in [2.45, 2.75) is 26.3 Å². The number of sulfonamides is 1. The molecule has 0 aliphatic rings. The highest BCUT2D eigenvalue weighted by atomic mass is 32.2. The van der Waals surface area contributed by atoms with Crippen LogP contribution in [0.3, 0.4) is 0 Å². The van der Waals surface area contributed by atoms with Crippen molar-refractivity contribution in [3.63, 3.8) is 0 Å². The van der Waals surface area contributed by atoms with Gasteiger partial charge in [-0.3, -0.25) is 4.79 Å². The molecule has 0 aliphatic carbocycles. The summed E-state index contributed by atoms with van der Waals surface area (Å²) < 4.78 is 37.6. The lowest BCUT2D eigenvalue weighted by molar-refractivity contribution is -0.121. The van der Waals surface area contributed by atoms with E-state index in [1.54, 1.807) is 32.0 Å². The van der Waals surface area contributed by atoms with Gasteiger partial charge in [0.25, 0.3) is 0 Å². The van der Waals surface area contributed by atoms with Gasteiger partial charge in [-0.25, -0.2) is 12.8 Å². The van der Waals surface area contributed by atoms with Crippen molar-refractivity contribution in [1.82, 2.24) is 9.62 Å². The van der Waals surface area contributed by atoms with Gasteiger partial charge in [-0.15, -0.1) is 0 Å². The Hall–Kier alpha value is -1.47. The quantitative estimate of drug-likeness (QED) is 0.821. The number of halogens is 1. The SMILES string of the molecule is CC(C)N(CC(=O)NCCc1ccccc1F)S(C)(=O)=O. The molecule has 0 aromatic heterocycles. The van der Waals surface area contributed by atoms with Crippen LogP contribution < -0.4 is 5.32 Å². The molecule has 0 atom stereocenters. The maximum atomic E-state index is 13.4. The summed E-state index contributed by atoms with van der Waals surface area (Å²) in [7, 11) is -3.43. The zero-order valence-corrected chi connectivity index (χ0v) is 13.3. The summed E-state index contributed by atoms with van der Waals surface area (Å²) in [5, 5.41) is 2.60. The summed E-state index contributed by atoms with van der Waals surface area (Å²) in [5.41, 5.74) is 0.515. The van der Waals surface area contributed by atoms with Gasteiger partial charge in [0.1, 0.15) is 5.82 Å². The minimum absolute atomic E-state index is 0.228. The second-order valence-corrected chi connectivity index (χ2v) is 7.03. The van der Waals surface area contributed by atoms with E-state index in [1.807, 2.05) is 0 Å². The number of hydrogen-bond donors (Lipinski definition) is 1. The zero-order chi connectivity index (χ0) is 16.0. The molecule has 0 spiro atoms. The van der Waals surface area contributed by atoms with Crippen molar-refractivity contribution >= 4 is 15.9 Å². The summed E-state index contributed by atoms with van der Waals surface area (Å²) in [5.74, 6) is -0.711. The van der Waals surface area contributed by atoms with Gasteiger partial charge in [-0.2, -0.15) is 4.31 Å². The lowest BCUT2D eigenvalue weighted by Crippen LogP contribution is -2.44. The Morgan fingerprint density at radius 2 is 1.95 bits per heavy atom. The third-order valence-corrected chi connectivity index (χ3v) is 4.38. The number of benzene rings is 1. The largest absolute Gasteiger partial charge is 0.355 e. The third-order valence-electron chi connectivity index (χ3n) is 2.98. The lowest BCUT2D eigenvalue weighted by atomic mass is 10.1. The van der Waals surface area contributed by atoms with Crippen LogP contribution in [0.5, 0.6) is 0 Å². The molecule has 0 aliphatic heterocycles. The van der Waals surface area contributed by atoms with Crippen molar-refractivity contribution in [1.29, 1.82) is 0 Å². The number of nitrogens with zero attached hydrogens (tertiary/aromatic N) is 1. The second-order valence-electron chi connectivity index (χ2n) is 5.09. The number of hydrogen-bond acceptors (Lipinski definition) is 3. The van der Waals surface area contributed by atoms with Crippen LogP contribution in [0.25, 0.3) is 0 Å². The lowest BCUT2D eigenvalue weighted by Gasteiger charge is -2.23. The highest BCUT2D eigenvalue weighted by molar-refractivity contribution is 7.88. The molecule has 5 nitrogen and oxygen atoms in total. The van der Waals surface area contributed by atoms with Crippen molar-refractivity contribution in [2.75, 3.05) is 19.3 Å². The molecule has 0 saturated carbocycles. The maximum absolute atomic E-state index is 13.4. The Labute approximate surface area is 125 Å². The van der Waals surface area contributed by atoms with Crippen LogP contribution in [-0.4, -0.2) is 44.0 Å². The molecule has 1 N–H and O–H groups in total. The predicted molar refractivity (Wildman–Crippen MR) is 79.8 cm³/mol. The Bertz CT molecular complexity index is 588. The van der Waals surface area contributed by atoms with Gasteiger partial charge in [0.05, 0.1) is 12.8 Å². The first-order chi connectivity index (χ1) is 9.71. The van der Waals surface area contributed by atoms with E-state index in [0.717, 1.165) is 10.6 Å². The highest BCUT2D eigenvalue weighted by Crippen LogP contribution is 2.07. The van der Waals surface area contributed by atoms with Gasteiger partial charge in [0.2, 0.25) is 15.9 Å². The van der Waals surface area contributed by atoms with E-state index < -0.39 is 15.9 Å². The number of carbonyl (C=O) groups excluding carboxylic acids is 1. The smallest absolute Gasteiger partial charge is 0.235 e. The molecule has 21 heavy (non-hydrogen) atoms. The molecule has 0 radical (unpaired) electrons. The average Bonchev–Trinajstić information content (AvgIpc) is 2.36. The van der Waals surface area contributed by atoms with Crippen LogP contribution in [0.4, 0.5) is 4.39 Å². The van der Waals surface area contributed by atoms with Gasteiger partial charge in [0, 0.05) is 12.6 Å². The van der Waals surface area contributed by atoms with Crippen LogP contribution >= 0.6 is 0 Å². The average molecular weight is 316 g/mol. The number of carbonyl (C=O) groups is 1. The fraction of sp³-hybridized carbons (Fsp3) is 0.500. The Kier molecular flexibility index (Phi) is 6.29. The Morgan fingerprint density at radius 1 is 1.33 bits per heavy atom. The standard InChI is InChI=1S/C14H21FN2O3S/c1-11(2)17(21(3,19)20)10-14(18)16-9-8-12-6-4-5-7-13(12)15/h4-7,11H,8-10H2,1-3H3,(H,16,18). The molecule has 1 aromatic rings. The van der Waals surface area contributed by atoms with E-state index in [-0.39, 0.29) is 24.9 Å². The summed E-state index contributed by atoms with van der Waals surface area (Å²) in [6.45, 7) is 3.44. The number of rotatable bonds is 7. The van der Waals surface area contributed by atoms with E-state index >= 15 is 0 Å². The van der Waals surface area contributed by atoms with Gasteiger partial charge in [-0.05, 0) is 31.9 Å². The third kappa shape index (κ3) is 5.81. The summed E-state index contributed by atoms with van der Waals surface area (Å²) in [6, 6.07) is 6.05. The molecule has 1 aromatic carbocycles. The van der Waals surface area contributed by atoms with Gasteiger partial charge >= 0.3 is 0 Å². The van der Waals surface area contributed by atoms with Gasteiger partial charge < -0.3 is 5.32 Å². The van der Waals surface area contributed by atoms with Crippen LogP contribution in [-0.2, 0) is 21.2 Å². The fourth-order valence-corrected chi connectivity index (χ4v) is 3.04. The van der Waals surface area contributed by atoms with Crippen LogP contribution in [0.2, 0.25) is 0 Å². The van der Waals surface area contributed by atoms with Crippen molar-refractivity contribution in [3.05, 3.63) is 35.6 Å². The maximum Gasteiger partial charge on any atom is 0.235 e. The topological polar surface area (TPSA) is 66.5 Å². The first-order valence-corrected chi connectivity index (χ1v) is 8.53. The molecule has 0 saturated heterocycles. The van der Waals surface area contributed by atoms with Crippen molar-refractivity contribution in [3.8, 4) is 0 Å². The monoisotopic (exact) mass is 316 g/mol. The second kappa shape index (κ2) is 7.51. The number of amides is 1. The molecule has 1 rings (SSSR count). The summed E-state index contributed by atoms with van der Waals surface area (Å²) in [6.07, 6.45) is 1.43. The van der Waals surface area contributed by atoms with Gasteiger partial charge in [-0.1, -0.05) is 18.2 Å². The van der Waals surface area contributed by atoms with Crippen molar-refractivity contribution in [2.24, 2.45) is 0 Å². The highest BCUT2D eigenvalue weighted by Gasteiger charge is 2.22. The predicted octanol–water partition coefficient (Wildman–Crippen LogP) is 1.15. The molecule has 0 heterocycles. The molecule has 0 bridgehead atoms. The zero-order valence-electron chi connectivity index (χ0n) is 12.5. The van der Waals surface area contributed by atoms with Crippen LogP contribution in [0.1, 0.15) is 19.4 Å². The van der Waals surface area contributed by atoms with Crippen LogP contribution in [0.15, 0.2) is 24.3 Å². The molecule has 0 fully saturated rings. The molecular formula is C14H21FN2O3S. The van der Waals surface area contributed by atoms with E-state index in [1.165, 1.54) is 6.07 Å². The van der Waals surface area contributed by atoms with E-state index in [4.69, 9.17) is 0 Å².